The van der Waals surface area contributed by atoms with Crippen LogP contribution in [0.15, 0.2) is 54.1 Å². The summed E-state index contributed by atoms with van der Waals surface area (Å²) in [5.41, 5.74) is 0.978. The van der Waals surface area contributed by atoms with Gasteiger partial charge in [0.2, 0.25) is 11.8 Å². The van der Waals surface area contributed by atoms with E-state index in [2.05, 4.69) is 30.2 Å². The summed E-state index contributed by atoms with van der Waals surface area (Å²) in [6, 6.07) is 9.83. The first kappa shape index (κ1) is 23.9. The molecule has 2 rings (SSSR count). The van der Waals surface area contributed by atoms with Crippen LogP contribution in [0.25, 0.3) is 10.8 Å². The molecule has 1 N–H and O–H groups in total. The lowest BCUT2D eigenvalue weighted by Crippen LogP contribution is -2.25. The molecule has 1 aromatic carbocycles. The van der Waals surface area contributed by atoms with Gasteiger partial charge in [0.05, 0.1) is 6.61 Å². The number of ether oxygens (including phenoxy) is 1. The van der Waals surface area contributed by atoms with E-state index >= 15 is 0 Å². The zero-order valence-corrected chi connectivity index (χ0v) is 19.0. The molecule has 30 heavy (non-hydrogen) atoms. The number of nitrogens with zero attached hydrogens (tertiary/aromatic N) is 1. The van der Waals surface area contributed by atoms with Gasteiger partial charge in [-0.3, -0.25) is 4.79 Å². The molecule has 1 aromatic heterocycles. The summed E-state index contributed by atoms with van der Waals surface area (Å²) in [6.45, 7) is 7.47. The van der Waals surface area contributed by atoms with Crippen LogP contribution in [-0.2, 0) is 4.79 Å². The van der Waals surface area contributed by atoms with Gasteiger partial charge < -0.3 is 10.1 Å². The monoisotopic (exact) mass is 428 g/mol. The first-order chi connectivity index (χ1) is 14.5. The third-order valence-electron chi connectivity index (χ3n) is 4.60. The number of nitrogens with one attached hydrogen (secondary N) is 1. The fourth-order valence-electron chi connectivity index (χ4n) is 3.01. The minimum atomic E-state index is -0.0205. The highest BCUT2D eigenvalue weighted by Crippen LogP contribution is 2.26. The fourth-order valence-corrected chi connectivity index (χ4v) is 3.21. The molecule has 0 atom stereocenters. The molecule has 0 radical (unpaired) electrons. The minimum absolute atomic E-state index is 0.0205. The Hall–Kier alpha value is -2.33. The first-order valence-electron chi connectivity index (χ1n) is 10.8. The normalized spacial score (nSPS) is 12.1. The molecule has 0 fully saturated rings. The molecule has 1 amide bonds. The number of unbranched alkanes of at least 4 members (excludes halogenated alkanes) is 4. The highest BCUT2D eigenvalue weighted by Gasteiger charge is 2.05. The fraction of sp³-hybridized carbons (Fsp3) is 0.440. The number of hydrogen-bond donors (Lipinski definition) is 1. The largest absolute Gasteiger partial charge is 0.477 e. The first-order valence-corrected chi connectivity index (χ1v) is 11.1. The van der Waals surface area contributed by atoms with E-state index in [0.29, 0.717) is 30.1 Å². The smallest absolute Gasteiger partial charge is 0.244 e. The Bertz CT molecular complexity index is 875. The molecule has 0 spiro atoms. The van der Waals surface area contributed by atoms with Crippen LogP contribution in [0.1, 0.15) is 52.9 Å². The van der Waals surface area contributed by atoms with E-state index in [1.54, 1.807) is 6.08 Å². The van der Waals surface area contributed by atoms with Crippen molar-refractivity contribution in [2.75, 3.05) is 13.2 Å². The van der Waals surface area contributed by atoms with Gasteiger partial charge in [-0.15, -0.1) is 0 Å². The molecule has 1 heterocycles. The van der Waals surface area contributed by atoms with Crippen molar-refractivity contribution in [3.8, 4) is 5.88 Å². The molecular formula is C25H33ClN2O2. The van der Waals surface area contributed by atoms with E-state index in [4.69, 9.17) is 16.3 Å². The van der Waals surface area contributed by atoms with E-state index in [1.807, 2.05) is 43.3 Å². The quantitative estimate of drug-likeness (QED) is 0.182. The Morgan fingerprint density at radius 2 is 1.97 bits per heavy atom. The van der Waals surface area contributed by atoms with Gasteiger partial charge in [0.1, 0.15) is 5.15 Å². The third kappa shape index (κ3) is 9.00. The lowest BCUT2D eigenvalue weighted by atomic mass is 10.1. The van der Waals surface area contributed by atoms with Gasteiger partial charge >= 0.3 is 0 Å². The van der Waals surface area contributed by atoms with Gasteiger partial charge in [0.25, 0.3) is 0 Å². The second kappa shape index (κ2) is 13.1. The number of halogens is 1. The summed E-state index contributed by atoms with van der Waals surface area (Å²) >= 11 is 6.09. The number of rotatable bonds is 12. The van der Waals surface area contributed by atoms with Crippen molar-refractivity contribution in [2.24, 2.45) is 5.92 Å². The van der Waals surface area contributed by atoms with Crippen LogP contribution in [0.4, 0.5) is 0 Å². The van der Waals surface area contributed by atoms with Gasteiger partial charge in [-0.1, -0.05) is 68.6 Å². The highest BCUT2D eigenvalue weighted by molar-refractivity contribution is 6.30. The molecule has 0 saturated heterocycles. The molecule has 0 aliphatic rings. The number of carbonyl (C=O) groups is 1. The van der Waals surface area contributed by atoms with Gasteiger partial charge in [-0.25, -0.2) is 4.98 Å². The maximum absolute atomic E-state index is 11.7. The Morgan fingerprint density at radius 3 is 2.77 bits per heavy atom. The zero-order chi connectivity index (χ0) is 21.8. The Balaban J connectivity index is 1.60. The number of amides is 1. The molecule has 0 bridgehead atoms. The number of allylic oxidation sites excluding steroid dienone is 3. The molecule has 162 valence electrons. The van der Waals surface area contributed by atoms with Crippen molar-refractivity contribution in [3.63, 3.8) is 0 Å². The molecule has 0 saturated carbocycles. The Morgan fingerprint density at radius 1 is 1.20 bits per heavy atom. The summed E-state index contributed by atoms with van der Waals surface area (Å²) in [5.74, 6) is 1.05. The number of hydrogen-bond acceptors (Lipinski definition) is 3. The summed E-state index contributed by atoms with van der Waals surface area (Å²) in [4.78, 5) is 16.1. The SMILES string of the molecule is CC(C=CCCCCCCOc1nc(Cl)cc2ccccc12)=CC(=O)NCC(C)C. The van der Waals surface area contributed by atoms with Crippen LogP contribution in [0, 0.1) is 5.92 Å². The highest BCUT2D eigenvalue weighted by atomic mass is 35.5. The third-order valence-corrected chi connectivity index (χ3v) is 4.80. The number of pyridine rings is 1. The summed E-state index contributed by atoms with van der Waals surface area (Å²) in [5, 5.41) is 5.39. The number of benzene rings is 1. The second-order valence-corrected chi connectivity index (χ2v) is 8.34. The topological polar surface area (TPSA) is 51.2 Å². The Labute approximate surface area is 185 Å². The van der Waals surface area contributed by atoms with Crippen LogP contribution < -0.4 is 10.1 Å². The van der Waals surface area contributed by atoms with E-state index in [-0.39, 0.29) is 5.91 Å². The van der Waals surface area contributed by atoms with Crippen LogP contribution in [-0.4, -0.2) is 24.0 Å². The van der Waals surface area contributed by atoms with E-state index in [1.165, 1.54) is 0 Å². The van der Waals surface area contributed by atoms with Crippen molar-refractivity contribution >= 4 is 28.3 Å². The number of fused-ring (bicyclic) bond motifs is 1. The van der Waals surface area contributed by atoms with E-state index in [9.17, 15) is 4.79 Å². The van der Waals surface area contributed by atoms with E-state index < -0.39 is 0 Å². The van der Waals surface area contributed by atoms with Crippen molar-refractivity contribution < 1.29 is 9.53 Å². The lowest BCUT2D eigenvalue weighted by Gasteiger charge is -2.08. The molecular weight excluding hydrogens is 396 g/mol. The minimum Gasteiger partial charge on any atom is -0.477 e. The van der Waals surface area contributed by atoms with Crippen LogP contribution >= 0.6 is 11.6 Å². The standard InChI is InChI=1S/C25H33ClN2O2/c1-19(2)18-27-24(29)16-20(3)12-8-6-4-5-7-11-15-30-25-22-14-10-9-13-21(22)17-23(26)28-25/h8-10,12-14,16-17,19H,4-7,11,15,18H2,1-3H3,(H,27,29). The predicted molar refractivity (Wildman–Crippen MR) is 126 cm³/mol. The van der Waals surface area contributed by atoms with Gasteiger partial charge in [-0.2, -0.15) is 0 Å². The maximum Gasteiger partial charge on any atom is 0.244 e. The maximum atomic E-state index is 11.7. The zero-order valence-electron chi connectivity index (χ0n) is 18.3. The van der Waals surface area contributed by atoms with Gasteiger partial charge in [-0.05, 0) is 55.2 Å². The van der Waals surface area contributed by atoms with Crippen molar-refractivity contribution in [1.29, 1.82) is 0 Å². The molecule has 5 heteroatoms. The molecule has 0 aliphatic carbocycles. The molecule has 4 nitrogen and oxygen atoms in total. The van der Waals surface area contributed by atoms with Gasteiger partial charge in [0.15, 0.2) is 0 Å². The molecule has 0 unspecified atom stereocenters. The number of carbonyl (C=O) groups excluding carboxylic acids is 1. The second-order valence-electron chi connectivity index (χ2n) is 7.95. The van der Waals surface area contributed by atoms with Crippen LogP contribution in [0.2, 0.25) is 5.15 Å². The van der Waals surface area contributed by atoms with Crippen LogP contribution in [0.5, 0.6) is 5.88 Å². The lowest BCUT2D eigenvalue weighted by molar-refractivity contribution is -0.116. The van der Waals surface area contributed by atoms with Gasteiger partial charge in [0, 0.05) is 18.0 Å². The van der Waals surface area contributed by atoms with Crippen molar-refractivity contribution in [3.05, 3.63) is 59.3 Å². The summed E-state index contributed by atoms with van der Waals surface area (Å²) in [6.07, 6.45) is 11.2. The number of aromatic nitrogens is 1. The van der Waals surface area contributed by atoms with Crippen molar-refractivity contribution in [2.45, 2.75) is 52.9 Å². The summed E-state index contributed by atoms with van der Waals surface area (Å²) < 4.78 is 5.88. The summed E-state index contributed by atoms with van der Waals surface area (Å²) in [7, 11) is 0. The van der Waals surface area contributed by atoms with E-state index in [0.717, 1.165) is 48.4 Å². The average Bonchev–Trinajstić information content (AvgIpc) is 2.70. The Kier molecular flexibility index (Phi) is 10.4. The van der Waals surface area contributed by atoms with Crippen molar-refractivity contribution in [1.82, 2.24) is 10.3 Å². The average molecular weight is 429 g/mol. The van der Waals surface area contributed by atoms with Crippen LogP contribution in [0.3, 0.4) is 0 Å². The predicted octanol–water partition coefficient (Wildman–Crippen LogP) is 6.49. The molecule has 2 aromatic rings. The molecule has 0 aliphatic heterocycles.